The first-order chi connectivity index (χ1) is 3.93. The average Bonchev–Trinajstić information content (AvgIpc) is 2.19. The fourth-order valence-electron chi connectivity index (χ4n) is 0.750. The maximum Gasteiger partial charge on any atom is 0.484 e. The summed E-state index contributed by atoms with van der Waals surface area (Å²) in [4.78, 5) is 0. The summed E-state index contributed by atoms with van der Waals surface area (Å²) in [6.07, 6.45) is 2.11. The Hall–Kier alpha value is -0.530. The molecule has 0 amide bonds. The highest BCUT2D eigenvalue weighted by molar-refractivity contribution is 5.70. The largest absolute Gasteiger partial charge is 0.484 e. The minimum atomic E-state index is 0.731. The number of hydrogen-bond donors (Lipinski definition) is 0. The van der Waals surface area contributed by atoms with Crippen molar-refractivity contribution in [2.24, 2.45) is 0 Å². The molecule has 0 radical (unpaired) electrons. The van der Waals surface area contributed by atoms with E-state index in [4.69, 9.17) is 9.16 Å². The van der Waals surface area contributed by atoms with Crippen LogP contribution in [0.2, 0.25) is 0 Å². The zero-order valence-corrected chi connectivity index (χ0v) is 5.14. The molecule has 1 aliphatic rings. The Morgan fingerprint density at radius 3 is 3.12 bits per heavy atom. The predicted molar refractivity (Wildman–Crippen MR) is 30.7 cm³/mol. The SMILES string of the molecule is CCOC1=[O+]CCC1. The van der Waals surface area contributed by atoms with Crippen molar-refractivity contribution < 1.29 is 9.16 Å². The van der Waals surface area contributed by atoms with Gasteiger partial charge in [0, 0.05) is 6.42 Å². The zero-order valence-electron chi connectivity index (χ0n) is 5.14. The van der Waals surface area contributed by atoms with E-state index in [1.165, 1.54) is 0 Å². The fraction of sp³-hybridized carbons (Fsp3) is 0.833. The molecule has 0 fully saturated rings. The molecule has 0 saturated carbocycles. The summed E-state index contributed by atoms with van der Waals surface area (Å²) in [6, 6.07) is 0. The Balaban J connectivity index is 2.23. The van der Waals surface area contributed by atoms with E-state index in [1.54, 1.807) is 0 Å². The van der Waals surface area contributed by atoms with E-state index >= 15 is 0 Å². The van der Waals surface area contributed by atoms with E-state index in [9.17, 15) is 0 Å². The molecule has 0 unspecified atom stereocenters. The van der Waals surface area contributed by atoms with Gasteiger partial charge in [-0.15, -0.1) is 0 Å². The van der Waals surface area contributed by atoms with Crippen LogP contribution >= 0.6 is 0 Å². The molecule has 46 valence electrons. The van der Waals surface area contributed by atoms with E-state index in [1.807, 2.05) is 6.92 Å². The molecular formula is C6H11O2+. The summed E-state index contributed by atoms with van der Waals surface area (Å²) in [5.74, 6) is 0.826. The molecule has 0 N–H and O–H groups in total. The van der Waals surface area contributed by atoms with Crippen molar-refractivity contribution in [1.29, 1.82) is 0 Å². The number of ether oxygens (including phenoxy) is 1. The number of rotatable bonds is 1. The molecule has 1 aliphatic heterocycles. The van der Waals surface area contributed by atoms with Crippen molar-refractivity contribution in [3.63, 3.8) is 0 Å². The van der Waals surface area contributed by atoms with Crippen LogP contribution in [0.25, 0.3) is 0 Å². The molecule has 2 heteroatoms. The third-order valence-electron chi connectivity index (χ3n) is 1.09. The first-order valence-electron chi connectivity index (χ1n) is 3.05. The van der Waals surface area contributed by atoms with E-state index in [-0.39, 0.29) is 0 Å². The first kappa shape index (κ1) is 5.60. The smallest absolute Gasteiger partial charge is 0.322 e. The lowest BCUT2D eigenvalue weighted by molar-refractivity contribution is -0.456. The second-order valence-corrected chi connectivity index (χ2v) is 1.76. The van der Waals surface area contributed by atoms with Crippen molar-refractivity contribution in [3.05, 3.63) is 0 Å². The minimum absolute atomic E-state index is 0.731. The third kappa shape index (κ3) is 1.22. The molecule has 0 aromatic heterocycles. The Morgan fingerprint density at radius 1 is 1.75 bits per heavy atom. The maximum absolute atomic E-state index is 5.10. The summed E-state index contributed by atoms with van der Waals surface area (Å²) < 4.78 is 10.2. The van der Waals surface area contributed by atoms with Gasteiger partial charge in [0.25, 0.3) is 0 Å². The van der Waals surface area contributed by atoms with Gasteiger partial charge in [-0.25, -0.2) is 0 Å². The lowest BCUT2D eigenvalue weighted by atomic mass is 10.4. The van der Waals surface area contributed by atoms with Gasteiger partial charge in [0.15, 0.2) is 13.2 Å². The van der Waals surface area contributed by atoms with Crippen molar-refractivity contribution in [3.8, 4) is 0 Å². The molecule has 0 saturated heterocycles. The molecular weight excluding hydrogens is 104 g/mol. The van der Waals surface area contributed by atoms with Crippen molar-refractivity contribution >= 4 is 5.97 Å². The van der Waals surface area contributed by atoms with Gasteiger partial charge in [-0.2, -0.15) is 0 Å². The molecule has 0 aromatic rings. The van der Waals surface area contributed by atoms with Gasteiger partial charge in [0.2, 0.25) is 0 Å². The number of carbonyl (C=O) groups excluding carboxylic acids is 1. The topological polar surface area (TPSA) is 20.5 Å². The van der Waals surface area contributed by atoms with Crippen LogP contribution in [0.5, 0.6) is 0 Å². The average molecular weight is 115 g/mol. The molecule has 1 rings (SSSR count). The van der Waals surface area contributed by atoms with Crippen molar-refractivity contribution in [2.45, 2.75) is 19.8 Å². The van der Waals surface area contributed by atoms with Gasteiger partial charge in [-0.1, -0.05) is 0 Å². The predicted octanol–water partition coefficient (Wildman–Crippen LogP) is 0.879. The van der Waals surface area contributed by atoms with Crippen LogP contribution < -0.4 is 0 Å². The summed E-state index contributed by atoms with van der Waals surface area (Å²) >= 11 is 0. The minimum Gasteiger partial charge on any atom is -0.322 e. The van der Waals surface area contributed by atoms with E-state index in [0.29, 0.717) is 0 Å². The van der Waals surface area contributed by atoms with E-state index in [0.717, 1.165) is 32.0 Å². The summed E-state index contributed by atoms with van der Waals surface area (Å²) in [5, 5.41) is 0. The Bertz CT molecular complexity index is 96.7. The van der Waals surface area contributed by atoms with Crippen LogP contribution in [0.1, 0.15) is 19.8 Å². The summed E-state index contributed by atoms with van der Waals surface area (Å²) in [6.45, 7) is 3.54. The molecule has 8 heavy (non-hydrogen) atoms. The van der Waals surface area contributed by atoms with Crippen LogP contribution in [0.4, 0.5) is 0 Å². The second-order valence-electron chi connectivity index (χ2n) is 1.76. The van der Waals surface area contributed by atoms with Gasteiger partial charge in [-0.05, 0) is 6.92 Å². The van der Waals surface area contributed by atoms with Gasteiger partial charge < -0.3 is 9.16 Å². The maximum atomic E-state index is 5.10. The van der Waals surface area contributed by atoms with Crippen LogP contribution in [-0.4, -0.2) is 19.2 Å². The van der Waals surface area contributed by atoms with E-state index < -0.39 is 0 Å². The van der Waals surface area contributed by atoms with Crippen LogP contribution in [0.3, 0.4) is 0 Å². The lowest BCUT2D eigenvalue weighted by Crippen LogP contribution is -2.00. The number of hydrogen-bond acceptors (Lipinski definition) is 1. The standard InChI is InChI=1S/C6H11O2/c1-2-7-6-4-3-5-8-6/h2-5H2,1H3/q+1. The van der Waals surface area contributed by atoms with Crippen LogP contribution in [0.15, 0.2) is 0 Å². The molecule has 0 aliphatic carbocycles. The van der Waals surface area contributed by atoms with E-state index in [2.05, 4.69) is 0 Å². The fourth-order valence-corrected chi connectivity index (χ4v) is 0.750. The molecule has 0 atom stereocenters. The molecule has 0 bridgehead atoms. The highest BCUT2D eigenvalue weighted by atomic mass is 16.6. The Morgan fingerprint density at radius 2 is 2.62 bits per heavy atom. The van der Waals surface area contributed by atoms with Gasteiger partial charge in [-0.3, -0.25) is 0 Å². The van der Waals surface area contributed by atoms with Crippen LogP contribution in [-0.2, 0) is 9.16 Å². The van der Waals surface area contributed by atoms with Crippen LogP contribution in [0, 0.1) is 0 Å². The van der Waals surface area contributed by atoms with Gasteiger partial charge >= 0.3 is 5.97 Å². The van der Waals surface area contributed by atoms with Crippen molar-refractivity contribution in [2.75, 3.05) is 13.2 Å². The zero-order chi connectivity index (χ0) is 5.82. The normalized spacial score (nSPS) is 18.4. The highest BCUT2D eigenvalue weighted by Crippen LogP contribution is 1.99. The summed E-state index contributed by atoms with van der Waals surface area (Å²) in [7, 11) is 0. The van der Waals surface area contributed by atoms with Gasteiger partial charge in [0.1, 0.15) is 6.42 Å². The van der Waals surface area contributed by atoms with Crippen molar-refractivity contribution in [1.82, 2.24) is 0 Å². The summed E-state index contributed by atoms with van der Waals surface area (Å²) in [5.41, 5.74) is 0. The molecule has 1 heterocycles. The Kier molecular flexibility index (Phi) is 1.89. The highest BCUT2D eigenvalue weighted by Gasteiger charge is 2.18. The second kappa shape index (κ2) is 2.70. The lowest BCUT2D eigenvalue weighted by Gasteiger charge is -1.82. The molecule has 0 aromatic carbocycles. The molecule has 2 nitrogen and oxygen atoms in total. The molecule has 0 spiro atoms. The number of esters is 1. The monoisotopic (exact) mass is 115 g/mol. The third-order valence-corrected chi connectivity index (χ3v) is 1.09. The van der Waals surface area contributed by atoms with Gasteiger partial charge in [0.05, 0.1) is 0 Å². The quantitative estimate of drug-likeness (QED) is 0.367. The first-order valence-corrected chi connectivity index (χ1v) is 3.05. The Labute approximate surface area is 49.2 Å².